The van der Waals surface area contributed by atoms with Crippen LogP contribution in [-0.2, 0) is 26.1 Å². The normalized spacial score (nSPS) is 17.1. The summed E-state index contributed by atoms with van der Waals surface area (Å²) in [5.41, 5.74) is 0.898. The predicted molar refractivity (Wildman–Crippen MR) is 79.0 cm³/mol. The van der Waals surface area contributed by atoms with Crippen LogP contribution >= 0.6 is 11.6 Å². The highest BCUT2D eigenvalue weighted by Gasteiger charge is 2.22. The van der Waals surface area contributed by atoms with E-state index in [-0.39, 0.29) is 17.4 Å². The van der Waals surface area contributed by atoms with E-state index in [1.165, 1.54) is 0 Å². The number of halogens is 1. The molecule has 1 aromatic rings. The van der Waals surface area contributed by atoms with Gasteiger partial charge in [0.15, 0.2) is 0 Å². The van der Waals surface area contributed by atoms with Crippen molar-refractivity contribution in [2.75, 3.05) is 18.8 Å². The Kier molecular flexibility index (Phi) is 5.31. The lowest BCUT2D eigenvalue weighted by molar-refractivity contribution is -0.132. The van der Waals surface area contributed by atoms with Crippen molar-refractivity contribution in [1.29, 1.82) is 0 Å². The molecule has 1 saturated heterocycles. The number of hydrogen-bond acceptors (Lipinski definition) is 3. The molecule has 2 rings (SSSR count). The Labute approximate surface area is 125 Å². The largest absolute Gasteiger partial charge is 0.341 e. The summed E-state index contributed by atoms with van der Waals surface area (Å²) in [4.78, 5) is 24.7. The second-order valence-electron chi connectivity index (χ2n) is 4.77. The summed E-state index contributed by atoms with van der Waals surface area (Å²) in [5, 5.41) is 0.633. The summed E-state index contributed by atoms with van der Waals surface area (Å²) >= 11 is 5.78. The first-order valence-electron chi connectivity index (χ1n) is 6.43. The first-order valence-corrected chi connectivity index (χ1v) is 8.30. The van der Waals surface area contributed by atoms with Crippen LogP contribution in [0.3, 0.4) is 0 Å². The lowest BCUT2D eigenvalue weighted by Gasteiger charge is -2.25. The van der Waals surface area contributed by atoms with Gasteiger partial charge in [-0.2, -0.15) is 0 Å². The SMILES string of the molecule is O=C1CCN(C(=O)CS(=O)Cc2ccc(Cl)cc2)CC1. The molecule has 1 atom stereocenters. The average molecular weight is 314 g/mol. The van der Waals surface area contributed by atoms with Crippen molar-refractivity contribution >= 4 is 34.1 Å². The van der Waals surface area contributed by atoms with Crippen molar-refractivity contribution in [1.82, 2.24) is 4.90 Å². The molecule has 0 saturated carbocycles. The zero-order chi connectivity index (χ0) is 14.5. The van der Waals surface area contributed by atoms with Gasteiger partial charge in [-0.15, -0.1) is 0 Å². The van der Waals surface area contributed by atoms with Crippen LogP contribution in [0.25, 0.3) is 0 Å². The molecular weight excluding hydrogens is 298 g/mol. The Morgan fingerprint density at radius 1 is 1.20 bits per heavy atom. The number of ketones is 1. The number of piperidine rings is 1. The van der Waals surface area contributed by atoms with E-state index in [0.29, 0.717) is 36.7 Å². The van der Waals surface area contributed by atoms with Crippen LogP contribution in [-0.4, -0.2) is 39.6 Å². The molecule has 108 valence electrons. The van der Waals surface area contributed by atoms with Gasteiger partial charge >= 0.3 is 0 Å². The molecule has 1 aromatic carbocycles. The van der Waals surface area contributed by atoms with E-state index in [0.717, 1.165) is 5.56 Å². The van der Waals surface area contributed by atoms with Crippen LogP contribution in [0, 0.1) is 0 Å². The first kappa shape index (κ1) is 15.2. The number of hydrogen-bond donors (Lipinski definition) is 0. The first-order chi connectivity index (χ1) is 9.54. The van der Waals surface area contributed by atoms with Gasteiger partial charge in [-0.3, -0.25) is 13.8 Å². The molecule has 1 fully saturated rings. The van der Waals surface area contributed by atoms with Gasteiger partial charge < -0.3 is 4.90 Å². The van der Waals surface area contributed by atoms with E-state index in [2.05, 4.69) is 0 Å². The number of carbonyl (C=O) groups is 2. The summed E-state index contributed by atoms with van der Waals surface area (Å²) in [7, 11) is -1.24. The summed E-state index contributed by atoms with van der Waals surface area (Å²) < 4.78 is 12.0. The van der Waals surface area contributed by atoms with E-state index in [9.17, 15) is 13.8 Å². The number of nitrogens with zero attached hydrogens (tertiary/aromatic N) is 1. The topological polar surface area (TPSA) is 54.5 Å². The maximum atomic E-state index is 12.0. The standard InChI is InChI=1S/C14H16ClNO3S/c15-12-3-1-11(2-4-12)9-20(19)10-14(18)16-7-5-13(17)6-8-16/h1-4H,5-10H2. The maximum absolute atomic E-state index is 12.0. The van der Waals surface area contributed by atoms with Crippen LogP contribution in [0.1, 0.15) is 18.4 Å². The van der Waals surface area contributed by atoms with E-state index < -0.39 is 10.8 Å². The van der Waals surface area contributed by atoms with Gasteiger partial charge in [-0.25, -0.2) is 0 Å². The molecule has 1 unspecified atom stereocenters. The molecule has 20 heavy (non-hydrogen) atoms. The second kappa shape index (κ2) is 6.99. The van der Waals surface area contributed by atoms with Gasteiger partial charge in [0.1, 0.15) is 11.5 Å². The molecular formula is C14H16ClNO3S. The highest BCUT2D eigenvalue weighted by molar-refractivity contribution is 7.84. The lowest BCUT2D eigenvalue weighted by Crippen LogP contribution is -2.40. The molecule has 0 aliphatic carbocycles. The molecule has 6 heteroatoms. The fraction of sp³-hybridized carbons (Fsp3) is 0.429. The van der Waals surface area contributed by atoms with Gasteiger partial charge in [-0.05, 0) is 17.7 Å². The molecule has 1 heterocycles. The molecule has 0 N–H and O–H groups in total. The number of Topliss-reactive ketones (excluding diaryl/α,β-unsaturated/α-hetero) is 1. The highest BCUT2D eigenvalue weighted by Crippen LogP contribution is 2.12. The second-order valence-corrected chi connectivity index (χ2v) is 6.67. The molecule has 1 amide bonds. The van der Waals surface area contributed by atoms with Crippen LogP contribution in [0.2, 0.25) is 5.02 Å². The Morgan fingerprint density at radius 2 is 1.80 bits per heavy atom. The summed E-state index contributed by atoms with van der Waals surface area (Å²) in [5.74, 6) is 0.410. The minimum Gasteiger partial charge on any atom is -0.341 e. The zero-order valence-corrected chi connectivity index (χ0v) is 12.6. The van der Waals surface area contributed by atoms with Gasteiger partial charge in [0, 0.05) is 47.5 Å². The third-order valence-corrected chi connectivity index (χ3v) is 4.68. The number of benzene rings is 1. The number of amides is 1. The molecule has 0 bridgehead atoms. The quantitative estimate of drug-likeness (QED) is 0.851. The van der Waals surface area contributed by atoms with Crippen LogP contribution in [0.15, 0.2) is 24.3 Å². The summed E-state index contributed by atoms with van der Waals surface area (Å²) in [6.07, 6.45) is 0.825. The van der Waals surface area contributed by atoms with E-state index in [1.807, 2.05) is 12.1 Å². The van der Waals surface area contributed by atoms with Crippen LogP contribution < -0.4 is 0 Å². The summed E-state index contributed by atoms with van der Waals surface area (Å²) in [6, 6.07) is 7.10. The maximum Gasteiger partial charge on any atom is 0.235 e. The Bertz CT molecular complexity index is 520. The Morgan fingerprint density at radius 3 is 2.40 bits per heavy atom. The summed E-state index contributed by atoms with van der Waals surface area (Å²) in [6.45, 7) is 0.908. The van der Waals surface area contributed by atoms with Gasteiger partial charge in [0.25, 0.3) is 0 Å². The van der Waals surface area contributed by atoms with E-state index >= 15 is 0 Å². The van der Waals surface area contributed by atoms with Gasteiger partial charge in [0.2, 0.25) is 5.91 Å². The Balaban J connectivity index is 1.83. The van der Waals surface area contributed by atoms with Crippen molar-refractivity contribution in [3.63, 3.8) is 0 Å². The highest BCUT2D eigenvalue weighted by atomic mass is 35.5. The van der Waals surface area contributed by atoms with Gasteiger partial charge in [0.05, 0.1) is 0 Å². The predicted octanol–water partition coefficient (Wildman–Crippen LogP) is 1.78. The number of rotatable bonds is 4. The van der Waals surface area contributed by atoms with E-state index in [4.69, 9.17) is 11.6 Å². The number of carbonyl (C=O) groups excluding carboxylic acids is 2. The van der Waals surface area contributed by atoms with Crippen LogP contribution in [0.4, 0.5) is 0 Å². The fourth-order valence-electron chi connectivity index (χ4n) is 2.05. The van der Waals surface area contributed by atoms with E-state index in [1.54, 1.807) is 17.0 Å². The monoisotopic (exact) mass is 313 g/mol. The minimum atomic E-state index is -1.24. The van der Waals surface area contributed by atoms with Crippen molar-refractivity contribution in [2.45, 2.75) is 18.6 Å². The molecule has 0 aromatic heterocycles. The number of likely N-dealkylation sites (tertiary alicyclic amines) is 1. The fourth-order valence-corrected chi connectivity index (χ4v) is 3.30. The molecule has 0 radical (unpaired) electrons. The third-order valence-electron chi connectivity index (χ3n) is 3.20. The molecule has 1 aliphatic rings. The smallest absolute Gasteiger partial charge is 0.235 e. The van der Waals surface area contributed by atoms with Crippen molar-refractivity contribution in [2.24, 2.45) is 0 Å². The third kappa shape index (κ3) is 4.42. The Hall–Kier alpha value is -1.20. The lowest BCUT2D eigenvalue weighted by atomic mass is 10.1. The van der Waals surface area contributed by atoms with Crippen molar-refractivity contribution < 1.29 is 13.8 Å². The average Bonchev–Trinajstić information content (AvgIpc) is 2.42. The van der Waals surface area contributed by atoms with Crippen molar-refractivity contribution in [3.05, 3.63) is 34.9 Å². The molecule has 4 nitrogen and oxygen atoms in total. The van der Waals surface area contributed by atoms with Crippen molar-refractivity contribution in [3.8, 4) is 0 Å². The zero-order valence-electron chi connectivity index (χ0n) is 11.0. The van der Waals surface area contributed by atoms with Crippen LogP contribution in [0.5, 0.6) is 0 Å². The molecule has 1 aliphatic heterocycles. The molecule has 0 spiro atoms. The van der Waals surface area contributed by atoms with Gasteiger partial charge in [-0.1, -0.05) is 23.7 Å². The minimum absolute atomic E-state index is 0.0107.